The second-order valence-electron chi connectivity index (χ2n) is 7.88. The molecule has 0 unspecified atom stereocenters. The Hall–Kier alpha value is -3.94. The van der Waals surface area contributed by atoms with Gasteiger partial charge in [-0.2, -0.15) is 13.2 Å². The third kappa shape index (κ3) is 4.57. The second kappa shape index (κ2) is 9.51. The SMILES string of the molecule is O=C(N[C@]1(C(F)(F)F)N=C(c2ccccc2)N(CCCc2ccccc2)C1=O)c1ccccc1. The van der Waals surface area contributed by atoms with E-state index in [2.05, 4.69) is 4.99 Å². The highest BCUT2D eigenvalue weighted by molar-refractivity contribution is 6.16. The molecule has 0 radical (unpaired) electrons. The molecule has 2 amide bonds. The van der Waals surface area contributed by atoms with Crippen LogP contribution in [-0.4, -0.2) is 40.9 Å². The first-order valence-corrected chi connectivity index (χ1v) is 10.8. The Morgan fingerprint density at radius 1 is 0.882 bits per heavy atom. The lowest BCUT2D eigenvalue weighted by Crippen LogP contribution is -2.63. The average molecular weight is 465 g/mol. The fourth-order valence-electron chi connectivity index (χ4n) is 3.82. The van der Waals surface area contributed by atoms with Crippen LogP contribution in [0.3, 0.4) is 0 Å². The maximum absolute atomic E-state index is 14.4. The molecule has 34 heavy (non-hydrogen) atoms. The quantitative estimate of drug-likeness (QED) is 0.555. The molecular formula is C26H22F3N3O2. The molecule has 174 valence electrons. The molecule has 1 aliphatic heterocycles. The van der Waals surface area contributed by atoms with Crippen molar-refractivity contribution in [2.24, 2.45) is 4.99 Å². The molecule has 1 heterocycles. The number of nitrogens with zero attached hydrogens (tertiary/aromatic N) is 2. The fourth-order valence-corrected chi connectivity index (χ4v) is 3.82. The molecule has 0 fully saturated rings. The maximum Gasteiger partial charge on any atom is 0.442 e. The van der Waals surface area contributed by atoms with Gasteiger partial charge in [-0.1, -0.05) is 78.9 Å². The Bertz CT molecular complexity index is 1180. The van der Waals surface area contributed by atoms with Crippen molar-refractivity contribution in [2.45, 2.75) is 24.7 Å². The van der Waals surface area contributed by atoms with Crippen molar-refractivity contribution in [1.82, 2.24) is 10.2 Å². The van der Waals surface area contributed by atoms with E-state index in [9.17, 15) is 22.8 Å². The van der Waals surface area contributed by atoms with Gasteiger partial charge in [0.1, 0.15) is 5.84 Å². The van der Waals surface area contributed by atoms with E-state index in [1.807, 2.05) is 35.6 Å². The molecule has 4 rings (SSSR count). The van der Waals surface area contributed by atoms with Gasteiger partial charge in [0.25, 0.3) is 11.8 Å². The molecule has 3 aromatic carbocycles. The summed E-state index contributed by atoms with van der Waals surface area (Å²) in [6, 6.07) is 25.1. The second-order valence-corrected chi connectivity index (χ2v) is 7.88. The van der Waals surface area contributed by atoms with E-state index in [-0.39, 0.29) is 17.9 Å². The molecule has 0 bridgehead atoms. The van der Waals surface area contributed by atoms with Crippen molar-refractivity contribution in [3.05, 3.63) is 108 Å². The average Bonchev–Trinajstić information content (AvgIpc) is 3.13. The number of aliphatic imine (C=N–C) groups is 1. The van der Waals surface area contributed by atoms with E-state index in [0.717, 1.165) is 10.5 Å². The summed E-state index contributed by atoms with van der Waals surface area (Å²) in [7, 11) is 0. The number of halogens is 3. The largest absolute Gasteiger partial charge is 0.442 e. The Labute approximate surface area is 194 Å². The molecular weight excluding hydrogens is 443 g/mol. The van der Waals surface area contributed by atoms with Gasteiger partial charge in [0.15, 0.2) is 0 Å². The van der Waals surface area contributed by atoms with Crippen molar-refractivity contribution < 1.29 is 22.8 Å². The third-order valence-electron chi connectivity index (χ3n) is 5.55. The van der Waals surface area contributed by atoms with Crippen LogP contribution in [0.15, 0.2) is 96.0 Å². The summed E-state index contributed by atoms with van der Waals surface area (Å²) in [6.45, 7) is 0.0144. The minimum atomic E-state index is -5.15. The van der Waals surface area contributed by atoms with Gasteiger partial charge in [-0.15, -0.1) is 0 Å². The number of carbonyl (C=O) groups is 2. The van der Waals surface area contributed by atoms with Crippen LogP contribution in [0, 0.1) is 0 Å². The van der Waals surface area contributed by atoms with Crippen molar-refractivity contribution >= 4 is 17.6 Å². The van der Waals surface area contributed by atoms with Crippen molar-refractivity contribution in [3.63, 3.8) is 0 Å². The van der Waals surface area contributed by atoms with Crippen molar-refractivity contribution in [1.29, 1.82) is 0 Å². The van der Waals surface area contributed by atoms with Crippen LogP contribution in [0.2, 0.25) is 0 Å². The summed E-state index contributed by atoms with van der Waals surface area (Å²) < 4.78 is 43.3. The first kappa shape index (κ1) is 23.2. The number of benzene rings is 3. The number of aryl methyl sites for hydroxylation is 1. The summed E-state index contributed by atoms with van der Waals surface area (Å²) in [5.74, 6) is -2.48. The van der Waals surface area contributed by atoms with Gasteiger partial charge in [-0.25, -0.2) is 4.99 Å². The smallest absolute Gasteiger partial charge is 0.312 e. The topological polar surface area (TPSA) is 61.8 Å². The predicted molar refractivity (Wildman–Crippen MR) is 122 cm³/mol. The summed E-state index contributed by atoms with van der Waals surface area (Å²) >= 11 is 0. The molecule has 3 aromatic rings. The minimum Gasteiger partial charge on any atom is -0.312 e. The summed E-state index contributed by atoms with van der Waals surface area (Å²) in [4.78, 5) is 30.9. The van der Waals surface area contributed by atoms with E-state index in [0.29, 0.717) is 18.4 Å². The van der Waals surface area contributed by atoms with Crippen molar-refractivity contribution in [3.8, 4) is 0 Å². The highest BCUT2D eigenvalue weighted by Gasteiger charge is 2.67. The number of amidine groups is 1. The lowest BCUT2D eigenvalue weighted by Gasteiger charge is -2.29. The zero-order chi connectivity index (χ0) is 24.2. The van der Waals surface area contributed by atoms with E-state index < -0.39 is 23.7 Å². The molecule has 0 saturated carbocycles. The standard InChI is InChI=1S/C26H22F3N3O2/c27-26(28,29)25(31-23(33)21-16-8-3-9-17-21)24(34)32(18-10-13-19-11-4-1-5-12-19)22(30-25)20-14-6-2-7-15-20/h1-9,11-12,14-17H,10,13,18H2,(H,31,33)/t25-/m1/s1. The highest BCUT2D eigenvalue weighted by Crippen LogP contribution is 2.38. The van der Waals surface area contributed by atoms with Crippen LogP contribution in [-0.2, 0) is 11.2 Å². The van der Waals surface area contributed by atoms with Crippen LogP contribution in [0.25, 0.3) is 0 Å². The molecule has 8 heteroatoms. The zero-order valence-electron chi connectivity index (χ0n) is 18.1. The lowest BCUT2D eigenvalue weighted by atomic mass is 10.1. The molecule has 0 aromatic heterocycles. The molecule has 5 nitrogen and oxygen atoms in total. The van der Waals surface area contributed by atoms with Crippen LogP contribution < -0.4 is 5.32 Å². The number of nitrogens with one attached hydrogen (secondary N) is 1. The van der Waals surface area contributed by atoms with Crippen LogP contribution in [0.4, 0.5) is 13.2 Å². The summed E-state index contributed by atoms with van der Waals surface area (Å²) in [5, 5.41) is 1.89. The molecule has 0 aliphatic carbocycles. The first-order chi connectivity index (χ1) is 16.3. The number of carbonyl (C=O) groups excluding carboxylic acids is 2. The number of alkyl halides is 3. The van der Waals surface area contributed by atoms with Gasteiger partial charge in [-0.3, -0.25) is 14.5 Å². The van der Waals surface area contributed by atoms with Crippen LogP contribution >= 0.6 is 0 Å². The number of hydrogen-bond donors (Lipinski definition) is 1. The highest BCUT2D eigenvalue weighted by atomic mass is 19.4. The third-order valence-corrected chi connectivity index (χ3v) is 5.55. The van der Waals surface area contributed by atoms with E-state index >= 15 is 0 Å². The van der Waals surface area contributed by atoms with Crippen LogP contribution in [0.5, 0.6) is 0 Å². The Balaban J connectivity index is 1.68. The maximum atomic E-state index is 14.4. The van der Waals surface area contributed by atoms with Gasteiger partial charge >= 0.3 is 11.8 Å². The molecule has 1 N–H and O–H groups in total. The molecule has 1 aliphatic rings. The summed E-state index contributed by atoms with van der Waals surface area (Å²) in [5.41, 5.74) is -2.04. The van der Waals surface area contributed by atoms with E-state index in [1.165, 1.54) is 24.3 Å². The number of rotatable bonds is 7. The Morgan fingerprint density at radius 2 is 1.44 bits per heavy atom. The zero-order valence-corrected chi connectivity index (χ0v) is 18.1. The van der Waals surface area contributed by atoms with E-state index in [1.54, 1.807) is 36.4 Å². The normalized spacial score (nSPS) is 18.0. The fraction of sp³-hybridized carbons (Fsp3) is 0.192. The van der Waals surface area contributed by atoms with Gasteiger partial charge in [0.05, 0.1) is 0 Å². The van der Waals surface area contributed by atoms with E-state index in [4.69, 9.17) is 0 Å². The van der Waals surface area contributed by atoms with Crippen molar-refractivity contribution in [2.75, 3.05) is 6.54 Å². The van der Waals surface area contributed by atoms with Crippen LogP contribution in [0.1, 0.15) is 27.9 Å². The predicted octanol–water partition coefficient (Wildman–Crippen LogP) is 4.60. The number of hydrogen-bond acceptors (Lipinski definition) is 3. The molecule has 1 atom stereocenters. The first-order valence-electron chi connectivity index (χ1n) is 10.8. The number of amides is 2. The van der Waals surface area contributed by atoms with Gasteiger partial charge in [0.2, 0.25) is 0 Å². The molecule has 0 saturated heterocycles. The lowest BCUT2D eigenvalue weighted by molar-refractivity contribution is -0.196. The van der Waals surface area contributed by atoms with Gasteiger partial charge < -0.3 is 5.32 Å². The minimum absolute atomic E-state index is 0.00193. The Kier molecular flexibility index (Phi) is 6.49. The van der Waals surface area contributed by atoms with Gasteiger partial charge in [-0.05, 0) is 30.5 Å². The van der Waals surface area contributed by atoms with Gasteiger partial charge in [0, 0.05) is 17.7 Å². The monoisotopic (exact) mass is 465 g/mol. The summed E-state index contributed by atoms with van der Waals surface area (Å²) in [6.07, 6.45) is -4.16. The Morgan fingerprint density at radius 3 is 2.03 bits per heavy atom. The molecule has 0 spiro atoms.